The van der Waals surface area contributed by atoms with Gasteiger partial charge in [0.2, 0.25) is 0 Å². The molecular formula is C21H25NO7S. The van der Waals surface area contributed by atoms with Crippen LogP contribution in [0.5, 0.6) is 11.5 Å². The number of Topliss-reactive ketones (excluding diaryl/α,β-unsaturated/α-hetero) is 1. The van der Waals surface area contributed by atoms with Crippen molar-refractivity contribution in [1.82, 2.24) is 4.90 Å². The fourth-order valence-corrected chi connectivity index (χ4v) is 4.76. The minimum atomic E-state index is -1.16. The molecule has 2 atom stereocenters. The van der Waals surface area contributed by atoms with Crippen molar-refractivity contribution < 1.29 is 33.7 Å². The van der Waals surface area contributed by atoms with Crippen LogP contribution in [0.25, 0.3) is 0 Å². The predicted octanol–water partition coefficient (Wildman–Crippen LogP) is 2.37. The number of ether oxygens (including phenoxy) is 3. The van der Waals surface area contributed by atoms with Gasteiger partial charge in [-0.1, -0.05) is 0 Å². The fourth-order valence-electron chi connectivity index (χ4n) is 3.84. The van der Waals surface area contributed by atoms with Gasteiger partial charge in [-0.25, -0.2) is 0 Å². The number of carbonyl (C=O) groups is 3. The molecule has 1 fully saturated rings. The van der Waals surface area contributed by atoms with Crippen LogP contribution in [-0.2, 0) is 14.3 Å². The molecule has 0 radical (unpaired) electrons. The van der Waals surface area contributed by atoms with Crippen LogP contribution in [0.15, 0.2) is 29.3 Å². The van der Waals surface area contributed by atoms with Gasteiger partial charge in [0.25, 0.3) is 5.91 Å². The minimum Gasteiger partial charge on any atom is -0.493 e. The number of amides is 1. The fraction of sp³-hybridized carbons (Fsp3) is 0.476. The maximum atomic E-state index is 13.4. The van der Waals surface area contributed by atoms with Gasteiger partial charge in [-0.2, -0.15) is 0 Å². The SMILES string of the molecule is COc1ccc(C(=O)C2=C(CC(=O)O)C(=O)N(C[C@@H]3CCCO3)[C@H]2SC)cc1OC. The van der Waals surface area contributed by atoms with Crippen molar-refractivity contribution in [3.63, 3.8) is 0 Å². The van der Waals surface area contributed by atoms with Gasteiger partial charge >= 0.3 is 5.97 Å². The summed E-state index contributed by atoms with van der Waals surface area (Å²) >= 11 is 1.33. The van der Waals surface area contributed by atoms with E-state index >= 15 is 0 Å². The summed E-state index contributed by atoms with van der Waals surface area (Å²) in [5, 5.41) is 8.78. The van der Waals surface area contributed by atoms with E-state index in [1.807, 2.05) is 0 Å². The van der Waals surface area contributed by atoms with Crippen LogP contribution in [0.4, 0.5) is 0 Å². The molecule has 1 amide bonds. The maximum absolute atomic E-state index is 13.4. The van der Waals surface area contributed by atoms with Crippen molar-refractivity contribution in [2.45, 2.75) is 30.7 Å². The zero-order valence-corrected chi connectivity index (χ0v) is 18.0. The van der Waals surface area contributed by atoms with Crippen molar-refractivity contribution >= 4 is 29.4 Å². The molecule has 2 aliphatic rings. The predicted molar refractivity (Wildman–Crippen MR) is 111 cm³/mol. The smallest absolute Gasteiger partial charge is 0.308 e. The molecule has 1 aromatic carbocycles. The lowest BCUT2D eigenvalue weighted by atomic mass is 9.98. The monoisotopic (exact) mass is 435 g/mol. The number of rotatable bonds is 9. The van der Waals surface area contributed by atoms with Crippen LogP contribution in [0.1, 0.15) is 29.6 Å². The van der Waals surface area contributed by atoms with E-state index in [-0.39, 0.29) is 17.3 Å². The summed E-state index contributed by atoms with van der Waals surface area (Å²) in [5.41, 5.74) is 0.538. The Kier molecular flexibility index (Phi) is 7.04. The number of carboxylic acid groups (broad SMARTS) is 1. The topological polar surface area (TPSA) is 102 Å². The van der Waals surface area contributed by atoms with E-state index in [1.165, 1.54) is 32.0 Å². The van der Waals surface area contributed by atoms with Gasteiger partial charge in [0.05, 0.1) is 26.7 Å². The number of methoxy groups -OCH3 is 2. The molecule has 0 aromatic heterocycles. The largest absolute Gasteiger partial charge is 0.493 e. The van der Waals surface area contributed by atoms with Gasteiger partial charge in [0.15, 0.2) is 17.3 Å². The number of hydrogen-bond acceptors (Lipinski definition) is 7. The van der Waals surface area contributed by atoms with Crippen LogP contribution in [0, 0.1) is 0 Å². The number of thioether (sulfide) groups is 1. The first-order valence-corrected chi connectivity index (χ1v) is 10.9. The van der Waals surface area contributed by atoms with E-state index in [9.17, 15) is 19.5 Å². The molecule has 2 heterocycles. The van der Waals surface area contributed by atoms with E-state index in [2.05, 4.69) is 0 Å². The van der Waals surface area contributed by atoms with Crippen LogP contribution < -0.4 is 9.47 Å². The Bertz CT molecular complexity index is 876. The van der Waals surface area contributed by atoms with E-state index in [0.29, 0.717) is 30.2 Å². The van der Waals surface area contributed by atoms with Gasteiger partial charge < -0.3 is 24.2 Å². The van der Waals surface area contributed by atoms with Gasteiger partial charge in [0, 0.05) is 29.9 Å². The van der Waals surface area contributed by atoms with Crippen molar-refractivity contribution in [2.75, 3.05) is 33.6 Å². The van der Waals surface area contributed by atoms with Gasteiger partial charge in [-0.3, -0.25) is 14.4 Å². The van der Waals surface area contributed by atoms with Crippen molar-refractivity contribution in [1.29, 1.82) is 0 Å². The standard InChI is InChI=1S/C21H25NO7S/c1-27-15-7-6-12(9-16(15)28-2)19(25)18-14(10-17(23)24)20(26)22(21(18)30-3)11-13-5-4-8-29-13/h6-7,9,13,21H,4-5,8,10-11H2,1-3H3,(H,23,24)/t13-,21-/m0/s1. The summed E-state index contributed by atoms with van der Waals surface area (Å²) in [4.78, 5) is 39.6. The lowest BCUT2D eigenvalue weighted by Crippen LogP contribution is -2.40. The summed E-state index contributed by atoms with van der Waals surface area (Å²) in [5.74, 6) is -1.12. The molecule has 9 heteroatoms. The Labute approximate surface area is 179 Å². The second-order valence-corrected chi connectivity index (χ2v) is 7.96. The summed E-state index contributed by atoms with van der Waals surface area (Å²) in [6.07, 6.45) is 2.94. The molecule has 162 valence electrons. The molecule has 0 unspecified atom stereocenters. The highest BCUT2D eigenvalue weighted by Gasteiger charge is 2.43. The van der Waals surface area contributed by atoms with E-state index in [0.717, 1.165) is 12.8 Å². The van der Waals surface area contributed by atoms with Crippen LogP contribution in [0.2, 0.25) is 0 Å². The number of carboxylic acids is 1. The van der Waals surface area contributed by atoms with Crippen LogP contribution in [0.3, 0.4) is 0 Å². The molecule has 1 aromatic rings. The summed E-state index contributed by atoms with van der Waals surface area (Å²) < 4.78 is 16.1. The molecule has 8 nitrogen and oxygen atoms in total. The normalized spacial score (nSPS) is 21.3. The maximum Gasteiger partial charge on any atom is 0.308 e. The number of ketones is 1. The summed E-state index contributed by atoms with van der Waals surface area (Å²) in [6, 6.07) is 4.73. The summed E-state index contributed by atoms with van der Waals surface area (Å²) in [6.45, 7) is 0.972. The molecule has 30 heavy (non-hydrogen) atoms. The second kappa shape index (κ2) is 9.53. The Hall–Kier alpha value is -2.52. The van der Waals surface area contributed by atoms with Crippen molar-refractivity contribution in [2.24, 2.45) is 0 Å². The first-order valence-electron chi connectivity index (χ1n) is 9.58. The van der Waals surface area contributed by atoms with E-state index < -0.39 is 29.5 Å². The Balaban J connectivity index is 2.00. The number of hydrogen-bond donors (Lipinski definition) is 1. The molecule has 1 N–H and O–H groups in total. The Morgan fingerprint density at radius 3 is 2.57 bits per heavy atom. The number of carbonyl (C=O) groups excluding carboxylic acids is 2. The van der Waals surface area contributed by atoms with E-state index in [4.69, 9.17) is 14.2 Å². The lowest BCUT2D eigenvalue weighted by molar-refractivity contribution is -0.137. The third-order valence-corrected chi connectivity index (χ3v) is 6.18. The second-order valence-electron chi connectivity index (χ2n) is 7.04. The number of benzene rings is 1. The zero-order chi connectivity index (χ0) is 21.8. The lowest BCUT2D eigenvalue weighted by Gasteiger charge is -2.27. The zero-order valence-electron chi connectivity index (χ0n) is 17.2. The van der Waals surface area contributed by atoms with E-state index in [1.54, 1.807) is 23.3 Å². The average molecular weight is 435 g/mol. The molecule has 0 aliphatic carbocycles. The highest BCUT2D eigenvalue weighted by molar-refractivity contribution is 7.99. The Morgan fingerprint density at radius 1 is 1.27 bits per heavy atom. The quantitative estimate of drug-likeness (QED) is 0.590. The molecular weight excluding hydrogens is 410 g/mol. The highest BCUT2D eigenvalue weighted by Crippen LogP contribution is 2.38. The molecule has 1 saturated heterocycles. The first kappa shape index (κ1) is 22.2. The third-order valence-electron chi connectivity index (χ3n) is 5.24. The minimum absolute atomic E-state index is 0.0274. The average Bonchev–Trinajstić information content (AvgIpc) is 3.34. The molecule has 2 aliphatic heterocycles. The molecule has 0 saturated carbocycles. The van der Waals surface area contributed by atoms with Crippen LogP contribution in [-0.4, -0.2) is 72.8 Å². The Morgan fingerprint density at radius 2 is 2.00 bits per heavy atom. The number of nitrogens with zero attached hydrogens (tertiary/aromatic N) is 1. The molecule has 0 spiro atoms. The van der Waals surface area contributed by atoms with Crippen molar-refractivity contribution in [3.8, 4) is 11.5 Å². The third kappa shape index (κ3) is 4.32. The number of aliphatic carboxylic acids is 1. The molecule has 3 rings (SSSR count). The van der Waals surface area contributed by atoms with Crippen molar-refractivity contribution in [3.05, 3.63) is 34.9 Å². The summed E-state index contributed by atoms with van der Waals surface area (Å²) in [7, 11) is 2.96. The van der Waals surface area contributed by atoms with Gasteiger partial charge in [-0.15, -0.1) is 11.8 Å². The molecule has 0 bridgehead atoms. The highest BCUT2D eigenvalue weighted by atomic mass is 32.2. The van der Waals surface area contributed by atoms with Gasteiger partial charge in [-0.05, 0) is 37.3 Å². The van der Waals surface area contributed by atoms with Crippen LogP contribution >= 0.6 is 11.8 Å². The first-order chi connectivity index (χ1) is 14.4. The van der Waals surface area contributed by atoms with Gasteiger partial charge in [0.1, 0.15) is 5.37 Å².